The lowest BCUT2D eigenvalue weighted by Crippen LogP contribution is -2.27. The highest BCUT2D eigenvalue weighted by Gasteiger charge is 2.35. The molecule has 128 valence electrons. The molecule has 0 radical (unpaired) electrons. The number of benzene rings is 2. The van der Waals surface area contributed by atoms with Gasteiger partial charge in [0.2, 0.25) is 0 Å². The van der Waals surface area contributed by atoms with E-state index in [9.17, 15) is 14.7 Å². The monoisotopic (exact) mass is 375 g/mol. The average molecular weight is 376 g/mol. The molecular weight excluding hydrogens is 362 g/mol. The molecule has 0 unspecified atom stereocenters. The standard InChI is InChI=1S/C18H14ClNO4S/c1-24-14-4-2-3-12(16(14)21)9-15-17(22)20(18(23)25-15)10-11-5-7-13(19)8-6-11/h2-9,21H,10H2,1H3/b15-9-. The van der Waals surface area contributed by atoms with Crippen LogP contribution in [0.25, 0.3) is 6.08 Å². The van der Waals surface area contributed by atoms with Gasteiger partial charge in [-0.1, -0.05) is 35.9 Å². The minimum absolute atomic E-state index is 0.0745. The van der Waals surface area contributed by atoms with Crippen LogP contribution in [-0.4, -0.2) is 28.3 Å². The summed E-state index contributed by atoms with van der Waals surface area (Å²) in [5.41, 5.74) is 1.22. The fourth-order valence-electron chi connectivity index (χ4n) is 2.37. The fraction of sp³-hybridized carbons (Fsp3) is 0.111. The first-order chi connectivity index (χ1) is 12.0. The molecule has 2 amide bonds. The zero-order valence-corrected chi connectivity index (χ0v) is 14.8. The van der Waals surface area contributed by atoms with Crippen LogP contribution in [0, 0.1) is 0 Å². The van der Waals surface area contributed by atoms with Crippen molar-refractivity contribution < 1.29 is 19.4 Å². The van der Waals surface area contributed by atoms with Crippen LogP contribution < -0.4 is 4.74 Å². The van der Waals surface area contributed by atoms with Crippen LogP contribution in [0.15, 0.2) is 47.4 Å². The van der Waals surface area contributed by atoms with Gasteiger partial charge in [-0.2, -0.15) is 0 Å². The summed E-state index contributed by atoms with van der Waals surface area (Å²) in [4.78, 5) is 26.1. The zero-order valence-electron chi connectivity index (χ0n) is 13.2. The summed E-state index contributed by atoms with van der Waals surface area (Å²) in [5.74, 6) is -0.171. The number of halogens is 1. The highest BCUT2D eigenvalue weighted by molar-refractivity contribution is 8.18. The zero-order chi connectivity index (χ0) is 18.0. The highest BCUT2D eigenvalue weighted by atomic mass is 35.5. The second-order valence-corrected chi connectivity index (χ2v) is 6.72. The highest BCUT2D eigenvalue weighted by Crippen LogP contribution is 2.37. The molecular formula is C18H14ClNO4S. The molecule has 1 saturated heterocycles. The van der Waals surface area contributed by atoms with E-state index in [-0.39, 0.29) is 22.4 Å². The minimum atomic E-state index is -0.396. The molecule has 3 rings (SSSR count). The van der Waals surface area contributed by atoms with Crippen molar-refractivity contribution in [3.8, 4) is 11.5 Å². The molecule has 5 nitrogen and oxygen atoms in total. The summed E-state index contributed by atoms with van der Waals surface area (Å²) >= 11 is 6.69. The predicted molar refractivity (Wildman–Crippen MR) is 97.6 cm³/mol. The number of thioether (sulfide) groups is 1. The Labute approximate surface area is 153 Å². The van der Waals surface area contributed by atoms with E-state index in [2.05, 4.69) is 0 Å². The summed E-state index contributed by atoms with van der Waals surface area (Å²) in [6.45, 7) is 0.170. The molecule has 1 N–H and O–H groups in total. The molecule has 0 spiro atoms. The van der Waals surface area contributed by atoms with Gasteiger partial charge < -0.3 is 9.84 Å². The number of aromatic hydroxyl groups is 1. The number of nitrogens with zero attached hydrogens (tertiary/aromatic N) is 1. The Balaban J connectivity index is 1.84. The van der Waals surface area contributed by atoms with Crippen molar-refractivity contribution in [3.63, 3.8) is 0 Å². The smallest absolute Gasteiger partial charge is 0.293 e. The lowest BCUT2D eigenvalue weighted by atomic mass is 10.1. The van der Waals surface area contributed by atoms with E-state index in [0.717, 1.165) is 22.2 Å². The van der Waals surface area contributed by atoms with Crippen molar-refractivity contribution in [1.82, 2.24) is 4.90 Å². The molecule has 1 heterocycles. The van der Waals surface area contributed by atoms with Crippen LogP contribution in [0.3, 0.4) is 0 Å². The first kappa shape index (κ1) is 17.4. The van der Waals surface area contributed by atoms with Crippen LogP contribution in [-0.2, 0) is 11.3 Å². The summed E-state index contributed by atoms with van der Waals surface area (Å²) in [7, 11) is 1.44. The van der Waals surface area contributed by atoms with Gasteiger partial charge in [0.25, 0.3) is 11.1 Å². The molecule has 0 saturated carbocycles. The topological polar surface area (TPSA) is 66.8 Å². The Hall–Kier alpha value is -2.44. The van der Waals surface area contributed by atoms with Crippen LogP contribution in [0.1, 0.15) is 11.1 Å². The van der Waals surface area contributed by atoms with E-state index in [1.165, 1.54) is 13.2 Å². The minimum Gasteiger partial charge on any atom is -0.504 e. The molecule has 1 aliphatic heterocycles. The van der Waals surface area contributed by atoms with Crippen molar-refractivity contribution in [2.45, 2.75) is 6.54 Å². The molecule has 0 aliphatic carbocycles. The number of imide groups is 1. The van der Waals surface area contributed by atoms with Gasteiger partial charge >= 0.3 is 0 Å². The fourth-order valence-corrected chi connectivity index (χ4v) is 3.33. The van der Waals surface area contributed by atoms with E-state index >= 15 is 0 Å². The lowest BCUT2D eigenvalue weighted by Gasteiger charge is -2.12. The van der Waals surface area contributed by atoms with Crippen LogP contribution in [0.5, 0.6) is 11.5 Å². The maximum Gasteiger partial charge on any atom is 0.293 e. The Kier molecular flexibility index (Phi) is 5.01. The first-order valence-electron chi connectivity index (χ1n) is 7.35. The third-order valence-electron chi connectivity index (χ3n) is 3.66. The molecule has 2 aromatic rings. The molecule has 2 aromatic carbocycles. The van der Waals surface area contributed by atoms with Crippen molar-refractivity contribution >= 4 is 40.6 Å². The van der Waals surface area contributed by atoms with E-state index in [1.54, 1.807) is 42.5 Å². The third kappa shape index (κ3) is 3.65. The summed E-state index contributed by atoms with van der Waals surface area (Å²) in [5, 5.41) is 10.4. The number of carbonyl (C=O) groups excluding carboxylic acids is 2. The maximum absolute atomic E-state index is 12.5. The number of methoxy groups -OCH3 is 1. The Morgan fingerprint density at radius 1 is 1.20 bits per heavy atom. The van der Waals surface area contributed by atoms with Crippen LogP contribution >= 0.6 is 23.4 Å². The van der Waals surface area contributed by atoms with Gasteiger partial charge in [0.15, 0.2) is 11.5 Å². The van der Waals surface area contributed by atoms with Crippen LogP contribution in [0.4, 0.5) is 4.79 Å². The molecule has 7 heteroatoms. The molecule has 0 aromatic heterocycles. The lowest BCUT2D eigenvalue weighted by molar-refractivity contribution is -0.123. The second-order valence-electron chi connectivity index (χ2n) is 5.29. The molecule has 1 aliphatic rings. The normalized spacial score (nSPS) is 15.9. The maximum atomic E-state index is 12.5. The molecule has 25 heavy (non-hydrogen) atoms. The van der Waals surface area contributed by atoms with Gasteiger partial charge in [0.05, 0.1) is 18.6 Å². The molecule has 0 bridgehead atoms. The number of hydrogen-bond donors (Lipinski definition) is 1. The Bertz CT molecular complexity index is 864. The summed E-state index contributed by atoms with van der Waals surface area (Å²) < 4.78 is 5.05. The van der Waals surface area contributed by atoms with Gasteiger partial charge in [-0.05, 0) is 41.6 Å². The number of phenolic OH excluding ortho intramolecular Hbond substituents is 1. The largest absolute Gasteiger partial charge is 0.504 e. The number of rotatable bonds is 4. The Morgan fingerprint density at radius 3 is 2.60 bits per heavy atom. The molecule has 1 fully saturated rings. The predicted octanol–water partition coefficient (Wildman–Crippen LogP) is 4.29. The Morgan fingerprint density at radius 2 is 1.92 bits per heavy atom. The third-order valence-corrected chi connectivity index (χ3v) is 4.82. The van der Waals surface area contributed by atoms with Gasteiger partial charge in [-0.25, -0.2) is 0 Å². The summed E-state index contributed by atoms with van der Waals surface area (Å²) in [6.07, 6.45) is 1.49. The first-order valence-corrected chi connectivity index (χ1v) is 8.55. The van der Waals surface area contributed by atoms with Gasteiger partial charge in [-0.15, -0.1) is 0 Å². The number of carbonyl (C=O) groups is 2. The van der Waals surface area contributed by atoms with E-state index in [4.69, 9.17) is 16.3 Å². The number of hydrogen-bond acceptors (Lipinski definition) is 5. The van der Waals surface area contributed by atoms with E-state index in [0.29, 0.717) is 16.3 Å². The quantitative estimate of drug-likeness (QED) is 0.807. The van der Waals surface area contributed by atoms with Gasteiger partial charge in [-0.3, -0.25) is 14.5 Å². The van der Waals surface area contributed by atoms with Crippen molar-refractivity contribution in [3.05, 3.63) is 63.5 Å². The SMILES string of the molecule is COc1cccc(/C=C2\SC(=O)N(Cc3ccc(Cl)cc3)C2=O)c1O. The number of amides is 2. The van der Waals surface area contributed by atoms with Crippen molar-refractivity contribution in [2.75, 3.05) is 7.11 Å². The van der Waals surface area contributed by atoms with Crippen molar-refractivity contribution in [1.29, 1.82) is 0 Å². The second kappa shape index (κ2) is 7.21. The van der Waals surface area contributed by atoms with E-state index in [1.807, 2.05) is 0 Å². The number of phenols is 1. The van der Waals surface area contributed by atoms with Crippen molar-refractivity contribution in [2.24, 2.45) is 0 Å². The molecule has 0 atom stereocenters. The van der Waals surface area contributed by atoms with Gasteiger partial charge in [0.1, 0.15) is 0 Å². The van der Waals surface area contributed by atoms with E-state index < -0.39 is 5.91 Å². The number of para-hydroxylation sites is 1. The van der Waals surface area contributed by atoms with Crippen LogP contribution in [0.2, 0.25) is 5.02 Å². The number of ether oxygens (including phenoxy) is 1. The van der Waals surface area contributed by atoms with Gasteiger partial charge in [0, 0.05) is 10.6 Å². The summed E-state index contributed by atoms with van der Waals surface area (Å²) in [6, 6.07) is 11.9. The average Bonchev–Trinajstić information content (AvgIpc) is 2.86.